The van der Waals surface area contributed by atoms with Crippen LogP contribution in [0.15, 0.2) is 18.2 Å². The summed E-state index contributed by atoms with van der Waals surface area (Å²) in [6, 6.07) is 6.97. The zero-order valence-corrected chi connectivity index (χ0v) is 11.3. The van der Waals surface area contributed by atoms with E-state index in [1.165, 1.54) is 5.56 Å². The van der Waals surface area contributed by atoms with Crippen molar-refractivity contribution in [2.75, 3.05) is 18.8 Å². The fourth-order valence-corrected chi connectivity index (χ4v) is 2.60. The van der Waals surface area contributed by atoms with Crippen molar-refractivity contribution in [3.05, 3.63) is 23.8 Å². The largest absolute Gasteiger partial charge is 0.454 e. The predicted octanol–water partition coefficient (Wildman–Crippen LogP) is 2.82. The lowest BCUT2D eigenvalue weighted by atomic mass is 10.1. The van der Waals surface area contributed by atoms with Crippen molar-refractivity contribution in [3.63, 3.8) is 0 Å². The molecule has 0 radical (unpaired) electrons. The van der Waals surface area contributed by atoms with E-state index in [0.29, 0.717) is 18.9 Å². The molecule has 0 bridgehead atoms. The van der Waals surface area contributed by atoms with Crippen LogP contribution in [0.2, 0.25) is 0 Å². The molecule has 94 valence electrons. The molecule has 0 aliphatic carbocycles. The molecule has 1 aliphatic heterocycles. The maximum atomic E-state index is 5.39. The summed E-state index contributed by atoms with van der Waals surface area (Å²) >= 11 is 1.86. The average molecular weight is 253 g/mol. The Kier molecular flexibility index (Phi) is 4.18. The summed E-state index contributed by atoms with van der Waals surface area (Å²) < 4.78 is 10.7. The van der Waals surface area contributed by atoms with Gasteiger partial charge in [0.1, 0.15) is 0 Å². The van der Waals surface area contributed by atoms with E-state index >= 15 is 0 Å². The summed E-state index contributed by atoms with van der Waals surface area (Å²) in [4.78, 5) is 0. The van der Waals surface area contributed by atoms with Crippen LogP contribution in [0.1, 0.15) is 25.5 Å². The normalized spacial score (nSPS) is 16.9. The van der Waals surface area contributed by atoms with E-state index in [0.717, 1.165) is 17.3 Å². The zero-order valence-electron chi connectivity index (χ0n) is 10.5. The highest BCUT2D eigenvalue weighted by Crippen LogP contribution is 2.34. The number of hydrogen-bond acceptors (Lipinski definition) is 4. The highest BCUT2D eigenvalue weighted by molar-refractivity contribution is 7.98. The minimum Gasteiger partial charge on any atom is -0.454 e. The van der Waals surface area contributed by atoms with Crippen LogP contribution >= 0.6 is 11.8 Å². The van der Waals surface area contributed by atoms with E-state index in [-0.39, 0.29) is 0 Å². The summed E-state index contributed by atoms with van der Waals surface area (Å²) in [5.41, 5.74) is 1.24. The molecular weight excluding hydrogens is 234 g/mol. The van der Waals surface area contributed by atoms with Gasteiger partial charge in [0.2, 0.25) is 6.79 Å². The molecule has 1 aliphatic rings. The first-order valence-corrected chi connectivity index (χ1v) is 7.24. The van der Waals surface area contributed by atoms with Crippen LogP contribution in [0, 0.1) is 0 Å². The smallest absolute Gasteiger partial charge is 0.231 e. The summed E-state index contributed by atoms with van der Waals surface area (Å²) in [6.45, 7) is 4.72. The van der Waals surface area contributed by atoms with Crippen LogP contribution in [0.4, 0.5) is 0 Å². The predicted molar refractivity (Wildman–Crippen MR) is 72.0 cm³/mol. The van der Waals surface area contributed by atoms with Gasteiger partial charge in [-0.1, -0.05) is 6.07 Å². The van der Waals surface area contributed by atoms with Gasteiger partial charge in [-0.15, -0.1) is 0 Å². The molecule has 1 aromatic carbocycles. The first-order chi connectivity index (χ1) is 8.20. The first-order valence-electron chi connectivity index (χ1n) is 5.85. The molecule has 1 heterocycles. The Bertz CT molecular complexity index is 384. The number of benzene rings is 1. The van der Waals surface area contributed by atoms with Crippen LogP contribution in [0.25, 0.3) is 0 Å². The second-order valence-corrected chi connectivity index (χ2v) is 5.27. The zero-order chi connectivity index (χ0) is 12.3. The van der Waals surface area contributed by atoms with Crippen molar-refractivity contribution >= 4 is 11.8 Å². The van der Waals surface area contributed by atoms with Gasteiger partial charge in [-0.05, 0) is 37.8 Å². The molecule has 1 aromatic rings. The fourth-order valence-electron chi connectivity index (χ4n) is 2.00. The fraction of sp³-hybridized carbons (Fsp3) is 0.538. The highest BCUT2D eigenvalue weighted by atomic mass is 32.2. The van der Waals surface area contributed by atoms with E-state index in [9.17, 15) is 0 Å². The topological polar surface area (TPSA) is 30.5 Å². The van der Waals surface area contributed by atoms with Gasteiger partial charge in [-0.3, -0.25) is 0 Å². The second kappa shape index (κ2) is 5.65. The monoisotopic (exact) mass is 253 g/mol. The Morgan fingerprint density at radius 3 is 2.82 bits per heavy atom. The number of nitrogens with one attached hydrogen (secondary N) is 1. The van der Waals surface area contributed by atoms with Gasteiger partial charge < -0.3 is 14.8 Å². The molecule has 4 heteroatoms. The molecule has 0 aromatic heterocycles. The van der Waals surface area contributed by atoms with Crippen LogP contribution in [0.5, 0.6) is 11.5 Å². The molecule has 2 atom stereocenters. The number of fused-ring (bicyclic) bond motifs is 1. The Hall–Kier alpha value is -0.870. The lowest BCUT2D eigenvalue weighted by molar-refractivity contribution is 0.174. The summed E-state index contributed by atoms with van der Waals surface area (Å²) in [5, 5.41) is 3.57. The molecule has 0 amide bonds. The third-order valence-corrected chi connectivity index (χ3v) is 3.68. The molecule has 2 rings (SSSR count). The van der Waals surface area contributed by atoms with E-state index in [1.807, 2.05) is 17.8 Å². The van der Waals surface area contributed by atoms with E-state index in [2.05, 4.69) is 37.6 Å². The average Bonchev–Trinajstić information content (AvgIpc) is 2.75. The van der Waals surface area contributed by atoms with Gasteiger partial charge in [0.05, 0.1) is 0 Å². The lowest BCUT2D eigenvalue weighted by Gasteiger charge is -2.19. The van der Waals surface area contributed by atoms with Crippen molar-refractivity contribution in [1.29, 1.82) is 0 Å². The standard InChI is InChI=1S/C13H19NO2S/c1-9(7-17-3)14-10(2)11-4-5-12-13(6-11)16-8-15-12/h4-6,9-10,14H,7-8H2,1-3H3/t9-,10+/m1/s1. The number of thioether (sulfide) groups is 1. The Balaban J connectivity index is 2.01. The quantitative estimate of drug-likeness (QED) is 0.874. The summed E-state index contributed by atoms with van der Waals surface area (Å²) in [5.74, 6) is 2.82. The van der Waals surface area contributed by atoms with Crippen molar-refractivity contribution < 1.29 is 9.47 Å². The van der Waals surface area contributed by atoms with Crippen molar-refractivity contribution in [2.45, 2.75) is 25.9 Å². The van der Waals surface area contributed by atoms with Gasteiger partial charge in [0.25, 0.3) is 0 Å². The van der Waals surface area contributed by atoms with Crippen LogP contribution in [-0.2, 0) is 0 Å². The highest BCUT2D eigenvalue weighted by Gasteiger charge is 2.16. The van der Waals surface area contributed by atoms with Gasteiger partial charge in [-0.2, -0.15) is 11.8 Å². The molecule has 0 fully saturated rings. The van der Waals surface area contributed by atoms with Crippen LogP contribution < -0.4 is 14.8 Å². The Morgan fingerprint density at radius 2 is 2.06 bits per heavy atom. The van der Waals surface area contributed by atoms with Gasteiger partial charge in [-0.25, -0.2) is 0 Å². The summed E-state index contributed by atoms with van der Waals surface area (Å²) in [7, 11) is 0. The van der Waals surface area contributed by atoms with Gasteiger partial charge in [0, 0.05) is 17.8 Å². The molecular formula is C13H19NO2S. The molecule has 0 saturated heterocycles. The van der Waals surface area contributed by atoms with Crippen LogP contribution in [0.3, 0.4) is 0 Å². The SMILES string of the molecule is CSC[C@@H](C)N[C@@H](C)c1ccc2c(c1)OCO2. The van der Waals surface area contributed by atoms with Crippen molar-refractivity contribution in [1.82, 2.24) is 5.32 Å². The van der Waals surface area contributed by atoms with Crippen molar-refractivity contribution in [3.8, 4) is 11.5 Å². The first kappa shape index (κ1) is 12.6. The Labute approximate surface area is 107 Å². The van der Waals surface area contributed by atoms with Crippen molar-refractivity contribution in [2.24, 2.45) is 0 Å². The molecule has 17 heavy (non-hydrogen) atoms. The molecule has 0 saturated carbocycles. The number of ether oxygens (including phenoxy) is 2. The molecule has 0 unspecified atom stereocenters. The maximum absolute atomic E-state index is 5.39. The lowest BCUT2D eigenvalue weighted by Crippen LogP contribution is -2.30. The van der Waals surface area contributed by atoms with E-state index in [4.69, 9.17) is 9.47 Å². The van der Waals surface area contributed by atoms with Crippen LogP contribution in [-0.4, -0.2) is 24.8 Å². The number of rotatable bonds is 5. The third kappa shape index (κ3) is 3.07. The second-order valence-electron chi connectivity index (χ2n) is 4.36. The maximum Gasteiger partial charge on any atom is 0.231 e. The third-order valence-electron chi connectivity index (χ3n) is 2.85. The Morgan fingerprint density at radius 1 is 1.29 bits per heavy atom. The van der Waals surface area contributed by atoms with E-state index in [1.54, 1.807) is 0 Å². The minimum atomic E-state index is 0.326. The van der Waals surface area contributed by atoms with Gasteiger partial charge >= 0.3 is 0 Å². The number of hydrogen-bond donors (Lipinski definition) is 1. The van der Waals surface area contributed by atoms with Gasteiger partial charge in [0.15, 0.2) is 11.5 Å². The molecule has 3 nitrogen and oxygen atoms in total. The molecule has 1 N–H and O–H groups in total. The van der Waals surface area contributed by atoms with E-state index < -0.39 is 0 Å². The minimum absolute atomic E-state index is 0.326. The molecule has 0 spiro atoms. The summed E-state index contributed by atoms with van der Waals surface area (Å²) in [6.07, 6.45) is 2.13.